The van der Waals surface area contributed by atoms with Crippen molar-refractivity contribution in [2.45, 2.75) is 0 Å². The van der Waals surface area contributed by atoms with Gasteiger partial charge in [0, 0.05) is 49.8 Å². The van der Waals surface area contributed by atoms with Crippen LogP contribution >= 0.6 is 0 Å². The molecule has 1 aliphatic rings. The predicted molar refractivity (Wildman–Crippen MR) is 239 cm³/mol. The van der Waals surface area contributed by atoms with Gasteiger partial charge in [-0.2, -0.15) is 0 Å². The summed E-state index contributed by atoms with van der Waals surface area (Å²) < 4.78 is 2.33. The normalized spacial score (nSPS) is 12.1. The van der Waals surface area contributed by atoms with E-state index in [4.69, 9.17) is 15.0 Å². The second-order valence-corrected chi connectivity index (χ2v) is 14.8. The maximum Gasteiger partial charge on any atom is 0.164 e. The van der Waals surface area contributed by atoms with Crippen molar-refractivity contribution in [2.75, 3.05) is 4.90 Å². The van der Waals surface area contributed by atoms with Crippen LogP contribution in [0.25, 0.3) is 94.3 Å². The van der Waals surface area contributed by atoms with E-state index in [0.717, 1.165) is 61.2 Å². The smallest absolute Gasteiger partial charge is 0.164 e. The van der Waals surface area contributed by atoms with Gasteiger partial charge in [0.15, 0.2) is 17.5 Å². The van der Waals surface area contributed by atoms with Crippen LogP contribution in [0.15, 0.2) is 200 Å². The molecule has 58 heavy (non-hydrogen) atoms. The van der Waals surface area contributed by atoms with Crippen molar-refractivity contribution in [3.63, 3.8) is 0 Å². The third kappa shape index (κ3) is 5.00. The highest BCUT2D eigenvalue weighted by Crippen LogP contribution is 2.51. The summed E-state index contributed by atoms with van der Waals surface area (Å²) in [6.07, 6.45) is 0. The van der Waals surface area contributed by atoms with Gasteiger partial charge in [0.2, 0.25) is 0 Å². The average molecular weight is 740 g/mol. The van der Waals surface area contributed by atoms with Crippen molar-refractivity contribution >= 4 is 60.4 Å². The molecule has 0 unspecified atom stereocenters. The Balaban J connectivity index is 1.11. The fourth-order valence-electron chi connectivity index (χ4n) is 8.95. The van der Waals surface area contributed by atoms with Crippen LogP contribution in [0.3, 0.4) is 0 Å². The number of hydrogen-bond donors (Lipinski definition) is 0. The minimum Gasteiger partial charge on any atom is -0.309 e. The number of nitrogens with zero attached hydrogens (tertiary/aromatic N) is 5. The van der Waals surface area contributed by atoms with E-state index in [1.54, 1.807) is 0 Å². The fraction of sp³-hybridized carbons (Fsp3) is 0. The van der Waals surface area contributed by atoms with E-state index in [-0.39, 0.29) is 0 Å². The lowest BCUT2D eigenvalue weighted by Crippen LogP contribution is -2.15. The summed E-state index contributed by atoms with van der Waals surface area (Å²) in [6, 6.07) is 70.9. The molecule has 0 saturated carbocycles. The molecule has 270 valence electrons. The molecule has 1 aliphatic heterocycles. The van der Waals surface area contributed by atoms with Crippen molar-refractivity contribution in [3.05, 3.63) is 200 Å². The summed E-state index contributed by atoms with van der Waals surface area (Å²) in [7, 11) is 0. The van der Waals surface area contributed by atoms with Crippen LogP contribution < -0.4 is 4.90 Å². The monoisotopic (exact) mass is 739 g/mol. The molecule has 0 atom stereocenters. The third-order valence-electron chi connectivity index (χ3n) is 11.5. The first-order valence-electron chi connectivity index (χ1n) is 19.6. The molecule has 3 heterocycles. The van der Waals surface area contributed by atoms with E-state index in [9.17, 15) is 0 Å². The number of anilines is 3. The van der Waals surface area contributed by atoms with Crippen molar-refractivity contribution in [1.29, 1.82) is 0 Å². The topological polar surface area (TPSA) is 46.8 Å². The van der Waals surface area contributed by atoms with E-state index in [1.165, 1.54) is 32.7 Å². The van der Waals surface area contributed by atoms with Crippen LogP contribution in [0.5, 0.6) is 0 Å². The minimum atomic E-state index is 0.618. The zero-order valence-corrected chi connectivity index (χ0v) is 31.3. The lowest BCUT2D eigenvalue weighted by Gasteiger charge is -2.34. The molecule has 0 saturated heterocycles. The van der Waals surface area contributed by atoms with Gasteiger partial charge in [0.1, 0.15) is 0 Å². The number of benzene rings is 9. The average Bonchev–Trinajstić information content (AvgIpc) is 3.63. The van der Waals surface area contributed by atoms with E-state index in [0.29, 0.717) is 17.5 Å². The zero-order chi connectivity index (χ0) is 38.2. The molecule has 0 bridgehead atoms. The van der Waals surface area contributed by atoms with Gasteiger partial charge in [-0.3, -0.25) is 0 Å². The maximum atomic E-state index is 5.37. The van der Waals surface area contributed by atoms with Crippen LogP contribution in [0.2, 0.25) is 0 Å². The van der Waals surface area contributed by atoms with Gasteiger partial charge >= 0.3 is 0 Å². The third-order valence-corrected chi connectivity index (χ3v) is 11.5. The Morgan fingerprint density at radius 2 is 0.948 bits per heavy atom. The summed E-state index contributed by atoms with van der Waals surface area (Å²) in [5.41, 5.74) is 11.9. The highest BCUT2D eigenvalue weighted by Gasteiger charge is 2.27. The molecule has 11 aromatic rings. The Kier molecular flexibility index (Phi) is 7.16. The number of rotatable bonds is 5. The molecule has 5 heteroatoms. The molecular formula is C53H33N5. The van der Waals surface area contributed by atoms with Crippen molar-refractivity contribution in [2.24, 2.45) is 0 Å². The van der Waals surface area contributed by atoms with Crippen LogP contribution in [-0.2, 0) is 0 Å². The van der Waals surface area contributed by atoms with Crippen molar-refractivity contribution < 1.29 is 0 Å². The molecule has 0 aliphatic carbocycles. The molecule has 0 fully saturated rings. The predicted octanol–water partition coefficient (Wildman–Crippen LogP) is 13.7. The number of para-hydroxylation sites is 3. The van der Waals surface area contributed by atoms with Crippen LogP contribution in [-0.4, -0.2) is 19.5 Å². The maximum absolute atomic E-state index is 5.37. The van der Waals surface area contributed by atoms with Crippen molar-refractivity contribution in [3.8, 4) is 51.0 Å². The highest BCUT2D eigenvalue weighted by atomic mass is 15.2. The zero-order valence-electron chi connectivity index (χ0n) is 31.3. The Bertz CT molecular complexity index is 3400. The summed E-state index contributed by atoms with van der Waals surface area (Å²) in [5, 5.41) is 7.03. The second kappa shape index (κ2) is 12.8. The molecule has 0 amide bonds. The number of fused-ring (bicyclic) bond motifs is 6. The molecule has 9 aromatic carbocycles. The molecular weight excluding hydrogens is 707 g/mol. The van der Waals surface area contributed by atoms with Gasteiger partial charge in [-0.15, -0.1) is 0 Å². The van der Waals surface area contributed by atoms with Crippen LogP contribution in [0.1, 0.15) is 0 Å². The Hall–Kier alpha value is -7.89. The molecule has 0 radical (unpaired) electrons. The van der Waals surface area contributed by atoms with Crippen LogP contribution in [0.4, 0.5) is 17.1 Å². The molecule has 12 rings (SSSR count). The molecule has 0 N–H and O–H groups in total. The lowest BCUT2D eigenvalue weighted by atomic mass is 9.90. The van der Waals surface area contributed by atoms with Gasteiger partial charge in [0.05, 0.1) is 22.4 Å². The van der Waals surface area contributed by atoms with Gasteiger partial charge in [0.25, 0.3) is 0 Å². The molecule has 0 spiro atoms. The lowest BCUT2D eigenvalue weighted by molar-refractivity contribution is 1.08. The first kappa shape index (κ1) is 32.4. The number of hydrogen-bond acceptors (Lipinski definition) is 4. The van der Waals surface area contributed by atoms with E-state index in [2.05, 4.69) is 191 Å². The standard InChI is InChI=1S/C53H33N5/c1-3-15-35(16-4-1)51-54-52(37-29-30-43-41-23-9-11-26-46(41)57(49(43)32-37)38-20-5-2-6-21-38)56-53(55-51)45-33-39(31-36-17-7-8-22-40(36)45)58-47-27-12-10-24-42(47)44-25-13-18-34-19-14-28-48(58)50(34)44/h1-33H. The van der Waals surface area contributed by atoms with Crippen LogP contribution in [0, 0.1) is 0 Å². The Labute approximate surface area is 334 Å². The molecule has 2 aromatic heterocycles. The van der Waals surface area contributed by atoms with Gasteiger partial charge < -0.3 is 9.47 Å². The van der Waals surface area contributed by atoms with Gasteiger partial charge in [-0.25, -0.2) is 15.0 Å². The van der Waals surface area contributed by atoms with E-state index in [1.807, 2.05) is 18.2 Å². The summed E-state index contributed by atoms with van der Waals surface area (Å²) in [5.74, 6) is 1.86. The first-order valence-corrected chi connectivity index (χ1v) is 19.6. The van der Waals surface area contributed by atoms with E-state index < -0.39 is 0 Å². The fourth-order valence-corrected chi connectivity index (χ4v) is 8.95. The quantitative estimate of drug-likeness (QED) is 0.176. The number of aromatic nitrogens is 4. The highest BCUT2D eigenvalue weighted by molar-refractivity contribution is 6.15. The van der Waals surface area contributed by atoms with Gasteiger partial charge in [-0.1, -0.05) is 152 Å². The second-order valence-electron chi connectivity index (χ2n) is 14.8. The first-order chi connectivity index (χ1) is 28.8. The van der Waals surface area contributed by atoms with Crippen molar-refractivity contribution in [1.82, 2.24) is 19.5 Å². The summed E-state index contributed by atoms with van der Waals surface area (Å²) in [4.78, 5) is 18.2. The Morgan fingerprint density at radius 3 is 1.81 bits per heavy atom. The minimum absolute atomic E-state index is 0.618. The summed E-state index contributed by atoms with van der Waals surface area (Å²) >= 11 is 0. The molecule has 5 nitrogen and oxygen atoms in total. The van der Waals surface area contributed by atoms with E-state index >= 15 is 0 Å². The van der Waals surface area contributed by atoms with Gasteiger partial charge in [-0.05, 0) is 70.3 Å². The Morgan fingerprint density at radius 1 is 0.328 bits per heavy atom. The SMILES string of the molecule is c1ccc(-c2nc(-c3ccc4c5ccccc5n(-c5ccccc5)c4c3)nc(-c3cc(N4c5ccccc5-c5cccc6cccc4c56)cc4ccccc34)n2)cc1. The largest absolute Gasteiger partial charge is 0.309 e. The summed E-state index contributed by atoms with van der Waals surface area (Å²) in [6.45, 7) is 0.